The van der Waals surface area contributed by atoms with E-state index < -0.39 is 0 Å². The molecule has 2 unspecified atom stereocenters. The molecule has 2 atom stereocenters. The number of morpholine rings is 1. The molecule has 114 valence electrons. The highest BCUT2D eigenvalue weighted by molar-refractivity contribution is 5.14. The number of rotatable bonds is 6. The van der Waals surface area contributed by atoms with Crippen LogP contribution in [0.1, 0.15) is 39.3 Å². The van der Waals surface area contributed by atoms with Crippen LogP contribution in [-0.2, 0) is 11.3 Å². The minimum Gasteiger partial charge on any atom is -0.374 e. The van der Waals surface area contributed by atoms with Gasteiger partial charge in [-0.2, -0.15) is 0 Å². The quantitative estimate of drug-likeness (QED) is 0.866. The first-order valence-electron chi connectivity index (χ1n) is 7.84. The second kappa shape index (κ2) is 7.25. The Bertz CT molecular complexity index is 402. The van der Waals surface area contributed by atoms with Crippen LogP contribution in [0.25, 0.3) is 0 Å². The summed E-state index contributed by atoms with van der Waals surface area (Å²) in [7, 11) is 0. The van der Waals surface area contributed by atoms with Gasteiger partial charge in [-0.25, -0.2) is 0 Å². The van der Waals surface area contributed by atoms with Gasteiger partial charge < -0.3 is 14.6 Å². The second-order valence-electron chi connectivity index (χ2n) is 6.00. The predicted octanol–water partition coefficient (Wildman–Crippen LogP) is 2.27. The highest BCUT2D eigenvalue weighted by Gasteiger charge is 2.22. The zero-order valence-corrected chi connectivity index (χ0v) is 13.3. The molecule has 4 nitrogen and oxygen atoms in total. The summed E-state index contributed by atoms with van der Waals surface area (Å²) in [4.78, 5) is 2.50. The molecule has 4 heteroatoms. The molecule has 1 N–H and O–H groups in total. The number of hydrogen-bond donors (Lipinski definition) is 1. The number of nitrogens with one attached hydrogen (secondary N) is 1. The molecule has 0 amide bonds. The fraction of sp³-hybridized carbons (Fsp3) is 0.750. The average molecular weight is 279 g/mol. The van der Waals surface area contributed by atoms with Crippen molar-refractivity contribution in [2.45, 2.75) is 52.4 Å². The summed E-state index contributed by atoms with van der Waals surface area (Å²) in [6.45, 7) is 13.8. The summed E-state index contributed by atoms with van der Waals surface area (Å²) in [5, 5.41) is 3.45. The highest BCUT2D eigenvalue weighted by Crippen LogP contribution is 2.15. The average Bonchev–Trinajstić information content (AvgIpc) is 2.88. The van der Waals surface area contributed by atoms with E-state index in [0.29, 0.717) is 18.2 Å². The molecule has 20 heavy (non-hydrogen) atoms. The van der Waals surface area contributed by atoms with E-state index in [4.69, 9.17) is 4.74 Å². The van der Waals surface area contributed by atoms with Crippen LogP contribution in [0.15, 0.2) is 18.5 Å². The van der Waals surface area contributed by atoms with E-state index in [1.165, 1.54) is 5.56 Å². The fourth-order valence-electron chi connectivity index (χ4n) is 2.81. The molecular weight excluding hydrogens is 250 g/mol. The minimum atomic E-state index is 0.306. The first kappa shape index (κ1) is 15.5. The topological polar surface area (TPSA) is 29.4 Å². The van der Waals surface area contributed by atoms with Crippen LogP contribution in [0, 0.1) is 0 Å². The van der Waals surface area contributed by atoms with Gasteiger partial charge in [-0.1, -0.05) is 6.92 Å². The van der Waals surface area contributed by atoms with E-state index in [2.05, 4.69) is 60.9 Å². The number of nitrogens with zero attached hydrogens (tertiary/aromatic N) is 2. The number of hydrogen-bond acceptors (Lipinski definition) is 3. The predicted molar refractivity (Wildman–Crippen MR) is 83.0 cm³/mol. The third-order valence-electron chi connectivity index (χ3n) is 4.10. The fourth-order valence-corrected chi connectivity index (χ4v) is 2.81. The van der Waals surface area contributed by atoms with Crippen molar-refractivity contribution in [1.29, 1.82) is 0 Å². The lowest BCUT2D eigenvalue weighted by atomic mass is 10.2. The maximum Gasteiger partial charge on any atom is 0.0881 e. The Hall–Kier alpha value is -0.840. The van der Waals surface area contributed by atoms with Gasteiger partial charge in [-0.15, -0.1) is 0 Å². The molecule has 2 rings (SSSR count). The van der Waals surface area contributed by atoms with Crippen molar-refractivity contribution in [3.8, 4) is 0 Å². The van der Waals surface area contributed by atoms with E-state index in [-0.39, 0.29) is 0 Å². The van der Waals surface area contributed by atoms with Crippen LogP contribution in [0.4, 0.5) is 0 Å². The monoisotopic (exact) mass is 279 g/mol. The van der Waals surface area contributed by atoms with Crippen LogP contribution in [-0.4, -0.2) is 47.9 Å². The number of aromatic nitrogens is 1. The van der Waals surface area contributed by atoms with Crippen molar-refractivity contribution in [3.63, 3.8) is 0 Å². The largest absolute Gasteiger partial charge is 0.374 e. The van der Waals surface area contributed by atoms with Gasteiger partial charge in [-0.3, -0.25) is 4.90 Å². The van der Waals surface area contributed by atoms with E-state index in [1.807, 2.05) is 0 Å². The maximum atomic E-state index is 5.90. The Labute approximate surface area is 123 Å². The molecule has 1 saturated heterocycles. The van der Waals surface area contributed by atoms with Gasteiger partial charge in [0.1, 0.15) is 0 Å². The molecule has 2 heterocycles. The summed E-state index contributed by atoms with van der Waals surface area (Å²) in [5.41, 5.74) is 1.35. The van der Waals surface area contributed by atoms with E-state index in [1.54, 1.807) is 0 Å². The summed E-state index contributed by atoms with van der Waals surface area (Å²) in [6, 6.07) is 3.23. The van der Waals surface area contributed by atoms with Crippen molar-refractivity contribution >= 4 is 0 Å². The van der Waals surface area contributed by atoms with Crippen LogP contribution < -0.4 is 5.32 Å². The third-order valence-corrected chi connectivity index (χ3v) is 4.10. The van der Waals surface area contributed by atoms with E-state index in [0.717, 1.165) is 32.8 Å². The molecule has 0 bridgehead atoms. The van der Waals surface area contributed by atoms with Crippen molar-refractivity contribution in [1.82, 2.24) is 14.8 Å². The third kappa shape index (κ3) is 4.08. The highest BCUT2D eigenvalue weighted by atomic mass is 16.5. The Morgan fingerprint density at radius 3 is 2.90 bits per heavy atom. The van der Waals surface area contributed by atoms with Crippen molar-refractivity contribution in [2.75, 3.05) is 26.2 Å². The van der Waals surface area contributed by atoms with E-state index in [9.17, 15) is 0 Å². The Balaban J connectivity index is 1.90. The maximum absolute atomic E-state index is 5.90. The van der Waals surface area contributed by atoms with Crippen molar-refractivity contribution < 1.29 is 4.74 Å². The molecule has 0 aliphatic carbocycles. The first-order valence-corrected chi connectivity index (χ1v) is 7.84. The molecule has 1 fully saturated rings. The van der Waals surface area contributed by atoms with Crippen LogP contribution in [0.3, 0.4) is 0 Å². The Morgan fingerprint density at radius 1 is 1.40 bits per heavy atom. The van der Waals surface area contributed by atoms with Crippen molar-refractivity contribution in [2.24, 2.45) is 0 Å². The molecule has 1 aromatic rings. The molecule has 1 aliphatic rings. The summed E-state index contributed by atoms with van der Waals surface area (Å²) < 4.78 is 8.16. The van der Waals surface area contributed by atoms with Crippen molar-refractivity contribution in [3.05, 3.63) is 24.0 Å². The van der Waals surface area contributed by atoms with Gasteiger partial charge in [-0.05, 0) is 38.9 Å². The second-order valence-corrected chi connectivity index (χ2v) is 6.00. The van der Waals surface area contributed by atoms with E-state index >= 15 is 0 Å². The molecule has 0 aromatic carbocycles. The van der Waals surface area contributed by atoms with Gasteiger partial charge >= 0.3 is 0 Å². The summed E-state index contributed by atoms with van der Waals surface area (Å²) >= 11 is 0. The molecular formula is C16H29N3O. The van der Waals surface area contributed by atoms with Crippen LogP contribution in [0.5, 0.6) is 0 Å². The first-order chi connectivity index (χ1) is 9.60. The smallest absolute Gasteiger partial charge is 0.0881 e. The van der Waals surface area contributed by atoms with Gasteiger partial charge in [0.2, 0.25) is 0 Å². The molecule has 1 aromatic heterocycles. The lowest BCUT2D eigenvalue weighted by Crippen LogP contribution is -2.47. The lowest BCUT2D eigenvalue weighted by molar-refractivity contribution is -0.0455. The van der Waals surface area contributed by atoms with Crippen LogP contribution >= 0.6 is 0 Å². The molecule has 0 radical (unpaired) electrons. The van der Waals surface area contributed by atoms with Gasteiger partial charge in [0.25, 0.3) is 0 Å². The number of ether oxygens (including phenoxy) is 1. The Kier molecular flexibility index (Phi) is 5.64. The SMILES string of the molecule is CCNC(C)c1ccn(CC2CN(C(C)C)CCO2)c1. The summed E-state index contributed by atoms with van der Waals surface area (Å²) in [5.74, 6) is 0. The van der Waals surface area contributed by atoms with Gasteiger partial charge in [0.05, 0.1) is 12.7 Å². The Morgan fingerprint density at radius 2 is 2.20 bits per heavy atom. The standard InChI is InChI=1S/C16H29N3O/c1-5-17-14(4)15-6-7-18(10-15)11-16-12-19(13(2)3)8-9-20-16/h6-7,10,13-14,16-17H,5,8-9,11-12H2,1-4H3. The zero-order chi connectivity index (χ0) is 14.5. The van der Waals surface area contributed by atoms with Gasteiger partial charge in [0, 0.05) is 44.1 Å². The summed E-state index contributed by atoms with van der Waals surface area (Å²) in [6.07, 6.45) is 4.71. The molecule has 1 aliphatic heterocycles. The molecule has 0 spiro atoms. The molecule has 0 saturated carbocycles. The minimum absolute atomic E-state index is 0.306. The zero-order valence-electron chi connectivity index (χ0n) is 13.3. The van der Waals surface area contributed by atoms with Crippen LogP contribution in [0.2, 0.25) is 0 Å². The van der Waals surface area contributed by atoms with Gasteiger partial charge in [0.15, 0.2) is 0 Å². The normalized spacial score (nSPS) is 22.4. The lowest BCUT2D eigenvalue weighted by Gasteiger charge is -2.35.